The van der Waals surface area contributed by atoms with Crippen molar-refractivity contribution in [1.82, 2.24) is 0 Å². The maximum absolute atomic E-state index is 10.7. The molecule has 1 N–H and O–H groups in total. The minimum Gasteiger partial charge on any atom is -0.385 e. The number of nitro benzene ring substituents is 1. The van der Waals surface area contributed by atoms with Crippen molar-refractivity contribution in [2.24, 2.45) is 0 Å². The van der Waals surface area contributed by atoms with Crippen LogP contribution >= 0.6 is 0 Å². The highest BCUT2D eigenvalue weighted by molar-refractivity contribution is 5.76. The van der Waals surface area contributed by atoms with Crippen LogP contribution in [0.4, 0.5) is 11.4 Å². The summed E-state index contributed by atoms with van der Waals surface area (Å²) in [5, 5.41) is 14.2. The Morgan fingerprint density at radius 1 is 0.960 bits per heavy atom. The molecule has 0 radical (unpaired) electrons. The number of hydrogen-bond donors (Lipinski definition) is 1. The van der Waals surface area contributed by atoms with Crippen molar-refractivity contribution < 1.29 is 4.92 Å². The molecule has 0 aliphatic heterocycles. The highest BCUT2D eigenvalue weighted by atomic mass is 16.6. The van der Waals surface area contributed by atoms with Crippen LogP contribution in [0.15, 0.2) is 48.5 Å². The van der Waals surface area contributed by atoms with Gasteiger partial charge in [0.2, 0.25) is 0 Å². The second kappa shape index (κ2) is 10.3. The minimum atomic E-state index is -0.382. The van der Waals surface area contributed by atoms with Gasteiger partial charge in [-0.15, -0.1) is 0 Å². The third-order valence-corrected chi connectivity index (χ3v) is 4.12. The van der Waals surface area contributed by atoms with E-state index in [4.69, 9.17) is 0 Å². The number of para-hydroxylation sites is 1. The lowest BCUT2D eigenvalue weighted by Crippen LogP contribution is -2.02. The third-order valence-electron chi connectivity index (χ3n) is 4.12. The second-order valence-electron chi connectivity index (χ2n) is 6.11. The van der Waals surface area contributed by atoms with Gasteiger partial charge in [0, 0.05) is 24.4 Å². The highest BCUT2D eigenvalue weighted by Gasteiger charge is 2.02. The molecule has 0 saturated carbocycles. The number of hydrogen-bond acceptors (Lipinski definition) is 3. The number of anilines is 1. The van der Waals surface area contributed by atoms with Crippen LogP contribution in [0.2, 0.25) is 0 Å². The van der Waals surface area contributed by atoms with E-state index in [9.17, 15) is 10.1 Å². The van der Waals surface area contributed by atoms with Gasteiger partial charge >= 0.3 is 0 Å². The molecule has 2 aromatic rings. The largest absolute Gasteiger partial charge is 0.385 e. The SMILES string of the molecule is CCCCCCCNc1ccccc1/C=C/c1ccc([N+](=O)[O-])cc1. The Bertz CT molecular complexity index is 693. The molecule has 0 saturated heterocycles. The van der Waals surface area contributed by atoms with Gasteiger partial charge in [-0.1, -0.05) is 63.0 Å². The van der Waals surface area contributed by atoms with Gasteiger partial charge in [0.25, 0.3) is 5.69 Å². The van der Waals surface area contributed by atoms with Crippen molar-refractivity contribution in [1.29, 1.82) is 0 Å². The van der Waals surface area contributed by atoms with Gasteiger partial charge in [0.05, 0.1) is 4.92 Å². The lowest BCUT2D eigenvalue weighted by atomic mass is 10.1. The number of non-ortho nitro benzene ring substituents is 1. The van der Waals surface area contributed by atoms with Gasteiger partial charge in [0.15, 0.2) is 0 Å². The van der Waals surface area contributed by atoms with Crippen LogP contribution in [0.25, 0.3) is 12.2 Å². The molecule has 0 aliphatic rings. The molecule has 0 bridgehead atoms. The van der Waals surface area contributed by atoms with Crippen LogP contribution in [0.1, 0.15) is 50.2 Å². The number of benzene rings is 2. The van der Waals surface area contributed by atoms with E-state index in [0.29, 0.717) is 0 Å². The maximum Gasteiger partial charge on any atom is 0.269 e. The molecule has 4 heteroatoms. The average molecular weight is 338 g/mol. The number of nitrogens with zero attached hydrogens (tertiary/aromatic N) is 1. The van der Waals surface area contributed by atoms with Crippen molar-refractivity contribution in [3.63, 3.8) is 0 Å². The maximum atomic E-state index is 10.7. The lowest BCUT2D eigenvalue weighted by molar-refractivity contribution is -0.384. The molecule has 132 valence electrons. The number of unbranched alkanes of at least 4 members (excludes halogenated alkanes) is 4. The Morgan fingerprint density at radius 2 is 1.68 bits per heavy atom. The normalized spacial score (nSPS) is 10.9. The summed E-state index contributed by atoms with van der Waals surface area (Å²) in [6, 6.07) is 14.8. The molecule has 0 atom stereocenters. The first-order valence-electron chi connectivity index (χ1n) is 8.96. The van der Waals surface area contributed by atoms with Gasteiger partial charge in [-0.2, -0.15) is 0 Å². The van der Waals surface area contributed by atoms with Crippen LogP contribution < -0.4 is 5.32 Å². The Balaban J connectivity index is 1.94. The Kier molecular flexibility index (Phi) is 7.70. The Labute approximate surface area is 149 Å². The van der Waals surface area contributed by atoms with Gasteiger partial charge in [-0.3, -0.25) is 10.1 Å². The topological polar surface area (TPSA) is 55.2 Å². The summed E-state index contributed by atoms with van der Waals surface area (Å²) in [6.07, 6.45) is 10.4. The van der Waals surface area contributed by atoms with Crippen molar-refractivity contribution in [2.45, 2.75) is 39.0 Å². The molecule has 0 fully saturated rings. The molecular weight excluding hydrogens is 312 g/mol. The van der Waals surface area contributed by atoms with Gasteiger partial charge in [-0.05, 0) is 35.7 Å². The van der Waals surface area contributed by atoms with Crippen LogP contribution in [0.3, 0.4) is 0 Å². The van der Waals surface area contributed by atoms with E-state index in [1.165, 1.54) is 44.2 Å². The number of nitrogens with one attached hydrogen (secondary N) is 1. The first-order chi connectivity index (χ1) is 12.2. The highest BCUT2D eigenvalue weighted by Crippen LogP contribution is 2.19. The summed E-state index contributed by atoms with van der Waals surface area (Å²) in [5.74, 6) is 0. The van der Waals surface area contributed by atoms with Crippen molar-refractivity contribution in [3.05, 3.63) is 69.8 Å². The summed E-state index contributed by atoms with van der Waals surface area (Å²) in [7, 11) is 0. The van der Waals surface area contributed by atoms with E-state index in [1.807, 2.05) is 24.3 Å². The summed E-state index contributed by atoms with van der Waals surface area (Å²) >= 11 is 0. The molecule has 0 amide bonds. The van der Waals surface area contributed by atoms with Gasteiger partial charge in [-0.25, -0.2) is 0 Å². The summed E-state index contributed by atoms with van der Waals surface area (Å²) < 4.78 is 0. The Morgan fingerprint density at radius 3 is 2.40 bits per heavy atom. The number of rotatable bonds is 10. The zero-order valence-corrected chi connectivity index (χ0v) is 14.8. The standard InChI is InChI=1S/C21H26N2O2/c1-2-3-4-5-8-17-22-21-10-7-6-9-19(21)14-11-18-12-15-20(16-13-18)23(24)25/h6-7,9-16,22H,2-5,8,17H2,1H3/b14-11+. The number of nitro groups is 1. The molecule has 4 nitrogen and oxygen atoms in total. The van der Waals surface area contributed by atoms with Crippen LogP contribution in [-0.2, 0) is 0 Å². The fraction of sp³-hybridized carbons (Fsp3) is 0.333. The van der Waals surface area contributed by atoms with E-state index in [0.717, 1.165) is 23.4 Å². The van der Waals surface area contributed by atoms with E-state index < -0.39 is 0 Å². The first-order valence-corrected chi connectivity index (χ1v) is 8.96. The molecule has 2 rings (SSSR count). The summed E-state index contributed by atoms with van der Waals surface area (Å²) in [6.45, 7) is 3.21. The summed E-state index contributed by atoms with van der Waals surface area (Å²) in [5.41, 5.74) is 3.30. The molecule has 0 spiro atoms. The fourth-order valence-corrected chi connectivity index (χ4v) is 2.65. The smallest absolute Gasteiger partial charge is 0.269 e. The van der Waals surface area contributed by atoms with Crippen LogP contribution in [0.5, 0.6) is 0 Å². The van der Waals surface area contributed by atoms with Gasteiger partial charge in [0.1, 0.15) is 0 Å². The van der Waals surface area contributed by atoms with E-state index in [2.05, 4.69) is 24.4 Å². The molecule has 0 aromatic heterocycles. The van der Waals surface area contributed by atoms with Crippen LogP contribution in [0, 0.1) is 10.1 Å². The lowest BCUT2D eigenvalue weighted by Gasteiger charge is -2.09. The van der Waals surface area contributed by atoms with E-state index in [-0.39, 0.29) is 10.6 Å². The molecule has 0 aliphatic carbocycles. The molecule has 0 unspecified atom stereocenters. The van der Waals surface area contributed by atoms with Crippen LogP contribution in [-0.4, -0.2) is 11.5 Å². The predicted octanol–water partition coefficient (Wildman–Crippen LogP) is 6.15. The van der Waals surface area contributed by atoms with E-state index in [1.54, 1.807) is 12.1 Å². The zero-order valence-electron chi connectivity index (χ0n) is 14.8. The molecule has 25 heavy (non-hydrogen) atoms. The fourth-order valence-electron chi connectivity index (χ4n) is 2.65. The van der Waals surface area contributed by atoms with Gasteiger partial charge < -0.3 is 5.32 Å². The van der Waals surface area contributed by atoms with Crippen molar-refractivity contribution >= 4 is 23.5 Å². The second-order valence-corrected chi connectivity index (χ2v) is 6.11. The van der Waals surface area contributed by atoms with Crippen molar-refractivity contribution in [3.8, 4) is 0 Å². The predicted molar refractivity (Wildman–Crippen MR) is 106 cm³/mol. The average Bonchev–Trinajstić information content (AvgIpc) is 2.64. The monoisotopic (exact) mass is 338 g/mol. The third kappa shape index (κ3) is 6.42. The molecule has 0 heterocycles. The summed E-state index contributed by atoms with van der Waals surface area (Å²) in [4.78, 5) is 10.3. The molecule has 2 aromatic carbocycles. The van der Waals surface area contributed by atoms with Crippen molar-refractivity contribution in [2.75, 3.05) is 11.9 Å². The first kappa shape index (κ1) is 18.7. The Hall–Kier alpha value is -2.62. The molecular formula is C21H26N2O2. The quantitative estimate of drug-likeness (QED) is 0.245. The van der Waals surface area contributed by atoms with E-state index >= 15 is 0 Å². The minimum absolute atomic E-state index is 0.113. The zero-order chi connectivity index (χ0) is 17.9.